The first-order valence-corrected chi connectivity index (χ1v) is 6.03. The summed E-state index contributed by atoms with van der Waals surface area (Å²) in [6.07, 6.45) is 0. The summed E-state index contributed by atoms with van der Waals surface area (Å²) in [6, 6.07) is 0.618. The SMILES string of the molecule is COP(Cl)ON(C(C)C)C(C)C. The summed E-state index contributed by atoms with van der Waals surface area (Å²) in [7, 11) is 0.255. The Morgan fingerprint density at radius 3 is 1.83 bits per heavy atom. The van der Waals surface area contributed by atoms with E-state index in [-0.39, 0.29) is 0 Å². The van der Waals surface area contributed by atoms with Gasteiger partial charge in [0, 0.05) is 19.2 Å². The molecule has 0 spiro atoms. The van der Waals surface area contributed by atoms with E-state index in [2.05, 4.69) is 27.7 Å². The molecule has 0 N–H and O–H groups in total. The Labute approximate surface area is 80.6 Å². The third kappa shape index (κ3) is 4.58. The number of halogens is 1. The smallest absolute Gasteiger partial charge is 0.294 e. The summed E-state index contributed by atoms with van der Waals surface area (Å²) in [5, 5.41) is 1.84. The van der Waals surface area contributed by atoms with Gasteiger partial charge in [-0.25, -0.2) is 4.62 Å². The van der Waals surface area contributed by atoms with E-state index >= 15 is 0 Å². The van der Waals surface area contributed by atoms with Gasteiger partial charge in [0.05, 0.1) is 0 Å². The third-order valence-corrected chi connectivity index (χ3v) is 2.52. The van der Waals surface area contributed by atoms with Crippen LogP contribution in [0.5, 0.6) is 0 Å². The maximum atomic E-state index is 5.73. The Kier molecular flexibility index (Phi) is 6.42. The first kappa shape index (κ1) is 12.6. The molecular formula is C7H17ClNO2P. The van der Waals surface area contributed by atoms with Crippen molar-refractivity contribution in [1.29, 1.82) is 0 Å². The van der Waals surface area contributed by atoms with Crippen LogP contribution in [0, 0.1) is 0 Å². The summed E-state index contributed by atoms with van der Waals surface area (Å²) >= 11 is 5.73. The van der Waals surface area contributed by atoms with Gasteiger partial charge >= 0.3 is 0 Å². The van der Waals surface area contributed by atoms with Crippen molar-refractivity contribution < 1.29 is 9.15 Å². The molecule has 0 radical (unpaired) electrons. The molecule has 0 aromatic heterocycles. The first-order valence-electron chi connectivity index (χ1n) is 3.95. The molecule has 12 heavy (non-hydrogen) atoms. The first-order chi connectivity index (χ1) is 5.49. The van der Waals surface area contributed by atoms with Gasteiger partial charge < -0.3 is 4.52 Å². The second kappa shape index (κ2) is 6.11. The zero-order valence-electron chi connectivity index (χ0n) is 8.24. The maximum Gasteiger partial charge on any atom is 0.294 e. The molecule has 0 rings (SSSR count). The van der Waals surface area contributed by atoms with Crippen LogP contribution in [0.1, 0.15) is 27.7 Å². The Hall–Kier alpha value is 0.600. The van der Waals surface area contributed by atoms with Crippen LogP contribution < -0.4 is 0 Å². The molecule has 0 aromatic carbocycles. The van der Waals surface area contributed by atoms with E-state index < -0.39 is 7.73 Å². The predicted octanol–water partition coefficient (Wildman–Crippen LogP) is 3.15. The highest BCUT2D eigenvalue weighted by Gasteiger charge is 2.18. The van der Waals surface area contributed by atoms with Gasteiger partial charge in [0.15, 0.2) is 0 Å². The van der Waals surface area contributed by atoms with E-state index in [4.69, 9.17) is 20.4 Å². The van der Waals surface area contributed by atoms with Crippen LogP contribution in [-0.4, -0.2) is 24.3 Å². The number of hydrogen-bond acceptors (Lipinski definition) is 3. The van der Waals surface area contributed by atoms with Crippen LogP contribution >= 0.6 is 19.0 Å². The lowest BCUT2D eigenvalue weighted by Gasteiger charge is -2.29. The zero-order valence-corrected chi connectivity index (χ0v) is 9.89. The van der Waals surface area contributed by atoms with Crippen LogP contribution in [-0.2, 0) is 9.15 Å². The van der Waals surface area contributed by atoms with Crippen molar-refractivity contribution in [2.45, 2.75) is 39.8 Å². The minimum Gasteiger partial charge on any atom is -0.325 e. The summed E-state index contributed by atoms with van der Waals surface area (Å²) in [5.41, 5.74) is 0. The standard InChI is InChI=1S/C7H17ClNO2P/c1-6(2)9(7(3)4)11-12(8)10-5/h6-7H,1-5H3. The number of hydrogen-bond donors (Lipinski definition) is 0. The highest BCUT2D eigenvalue weighted by atomic mass is 35.7. The van der Waals surface area contributed by atoms with Crippen molar-refractivity contribution in [3.8, 4) is 0 Å². The molecule has 1 unspecified atom stereocenters. The molecule has 0 fully saturated rings. The lowest BCUT2D eigenvalue weighted by Crippen LogP contribution is -2.35. The van der Waals surface area contributed by atoms with E-state index in [0.29, 0.717) is 12.1 Å². The second-order valence-electron chi connectivity index (χ2n) is 3.02. The molecule has 0 saturated carbocycles. The molecule has 0 aliphatic rings. The fourth-order valence-corrected chi connectivity index (χ4v) is 1.70. The Morgan fingerprint density at radius 2 is 1.58 bits per heavy atom. The molecule has 0 bridgehead atoms. The Bertz CT molecular complexity index is 116. The summed E-state index contributed by atoms with van der Waals surface area (Å²) in [4.78, 5) is 0. The maximum absolute atomic E-state index is 5.73. The van der Waals surface area contributed by atoms with Gasteiger partial charge in [0.25, 0.3) is 7.73 Å². The quantitative estimate of drug-likeness (QED) is 0.517. The minimum atomic E-state index is -1.28. The van der Waals surface area contributed by atoms with E-state index in [1.807, 2.05) is 5.06 Å². The molecule has 1 atom stereocenters. The molecule has 3 nitrogen and oxygen atoms in total. The average molecular weight is 214 g/mol. The lowest BCUT2D eigenvalue weighted by atomic mass is 10.3. The van der Waals surface area contributed by atoms with E-state index in [0.717, 1.165) is 0 Å². The van der Waals surface area contributed by atoms with Gasteiger partial charge in [-0.15, -0.1) is 0 Å². The van der Waals surface area contributed by atoms with Crippen LogP contribution in [0.3, 0.4) is 0 Å². The van der Waals surface area contributed by atoms with Gasteiger partial charge in [0.2, 0.25) is 0 Å². The topological polar surface area (TPSA) is 21.7 Å². The Morgan fingerprint density at radius 1 is 1.17 bits per heavy atom. The van der Waals surface area contributed by atoms with Crippen LogP contribution in [0.15, 0.2) is 0 Å². The number of rotatable bonds is 5. The van der Waals surface area contributed by atoms with E-state index in [9.17, 15) is 0 Å². The van der Waals surface area contributed by atoms with Crippen molar-refractivity contribution >= 4 is 19.0 Å². The van der Waals surface area contributed by atoms with Crippen LogP contribution in [0.2, 0.25) is 0 Å². The molecule has 74 valence electrons. The summed E-state index contributed by atoms with van der Waals surface area (Å²) in [5.74, 6) is 0. The molecule has 0 amide bonds. The number of nitrogens with zero attached hydrogens (tertiary/aromatic N) is 1. The van der Waals surface area contributed by atoms with E-state index in [1.54, 1.807) is 0 Å². The van der Waals surface area contributed by atoms with Gasteiger partial charge in [0.1, 0.15) is 0 Å². The third-order valence-electron chi connectivity index (χ3n) is 1.32. The molecular weight excluding hydrogens is 197 g/mol. The molecule has 5 heteroatoms. The fraction of sp³-hybridized carbons (Fsp3) is 1.00. The second-order valence-corrected chi connectivity index (χ2v) is 4.81. The summed E-state index contributed by atoms with van der Waals surface area (Å²) < 4.78 is 10.2. The normalized spacial score (nSPS) is 14.8. The number of hydroxylamine groups is 2. The van der Waals surface area contributed by atoms with Crippen LogP contribution in [0.25, 0.3) is 0 Å². The Balaban J connectivity index is 3.95. The lowest BCUT2D eigenvalue weighted by molar-refractivity contribution is -0.108. The average Bonchev–Trinajstić information content (AvgIpc) is 1.98. The highest BCUT2D eigenvalue weighted by molar-refractivity contribution is 7.76. The minimum absolute atomic E-state index is 0.309. The monoisotopic (exact) mass is 213 g/mol. The molecule has 0 aliphatic carbocycles. The fourth-order valence-electron chi connectivity index (χ4n) is 0.892. The van der Waals surface area contributed by atoms with Crippen molar-refractivity contribution in [1.82, 2.24) is 5.06 Å². The van der Waals surface area contributed by atoms with Gasteiger partial charge in [-0.2, -0.15) is 5.06 Å². The van der Waals surface area contributed by atoms with Gasteiger partial charge in [-0.1, -0.05) is 0 Å². The largest absolute Gasteiger partial charge is 0.325 e. The van der Waals surface area contributed by atoms with Crippen molar-refractivity contribution in [3.63, 3.8) is 0 Å². The van der Waals surface area contributed by atoms with Crippen molar-refractivity contribution in [2.75, 3.05) is 7.11 Å². The van der Waals surface area contributed by atoms with Crippen molar-refractivity contribution in [3.05, 3.63) is 0 Å². The van der Waals surface area contributed by atoms with Gasteiger partial charge in [-0.05, 0) is 38.9 Å². The summed E-state index contributed by atoms with van der Waals surface area (Å²) in [6.45, 7) is 8.21. The van der Waals surface area contributed by atoms with Crippen LogP contribution in [0.4, 0.5) is 0 Å². The molecule has 0 heterocycles. The van der Waals surface area contributed by atoms with Crippen molar-refractivity contribution in [2.24, 2.45) is 0 Å². The van der Waals surface area contributed by atoms with Gasteiger partial charge in [-0.3, -0.25) is 0 Å². The van der Waals surface area contributed by atoms with E-state index in [1.165, 1.54) is 7.11 Å². The molecule has 0 aromatic rings. The predicted molar refractivity (Wildman–Crippen MR) is 53.0 cm³/mol. The highest BCUT2D eigenvalue weighted by Crippen LogP contribution is 2.44. The molecule has 0 saturated heterocycles. The zero-order chi connectivity index (χ0) is 9.72. The molecule has 0 aliphatic heterocycles.